The first-order valence-corrected chi connectivity index (χ1v) is 40.0. The summed E-state index contributed by atoms with van der Waals surface area (Å²) in [7, 11) is -9.90. The second-order valence-electron chi connectivity index (χ2n) is 26.6. The SMILES string of the molecule is CCCCCCCCCCCCCCCCC(=O)OC[C@H](COP(=O)(O)OC[C@@H](O)COP(=O)(O)OC[C@@H](COC(=O)CCCCCCCCC)OC(=O)CCCCCCCCCCCC(C)C)OC(=O)CCCCCCCCCCCCCCCCC(C)C. The molecule has 0 bridgehead atoms. The van der Waals surface area contributed by atoms with Crippen LogP contribution in [0.15, 0.2) is 0 Å². The van der Waals surface area contributed by atoms with E-state index in [-0.39, 0.29) is 25.7 Å². The Balaban J connectivity index is 5.20. The van der Waals surface area contributed by atoms with Gasteiger partial charge in [0.1, 0.15) is 19.3 Å². The summed E-state index contributed by atoms with van der Waals surface area (Å²) in [5, 5.41) is 10.6. The maximum absolute atomic E-state index is 13.0. The summed E-state index contributed by atoms with van der Waals surface area (Å²) in [6.07, 6.45) is 48.7. The number of unbranched alkanes of at least 4 members (excludes halogenated alkanes) is 40. The highest BCUT2D eigenvalue weighted by Gasteiger charge is 2.30. The Labute approximate surface area is 549 Å². The minimum atomic E-state index is -4.95. The van der Waals surface area contributed by atoms with Crippen molar-refractivity contribution in [2.75, 3.05) is 39.6 Å². The minimum Gasteiger partial charge on any atom is -0.462 e. The topological polar surface area (TPSA) is 237 Å². The number of carbonyl (C=O) groups is 4. The highest BCUT2D eigenvalue weighted by Crippen LogP contribution is 2.45. The van der Waals surface area contributed by atoms with Crippen LogP contribution in [0.2, 0.25) is 0 Å². The van der Waals surface area contributed by atoms with Gasteiger partial charge in [0, 0.05) is 25.7 Å². The highest BCUT2D eigenvalue weighted by molar-refractivity contribution is 7.47. The Hall–Kier alpha value is -1.94. The lowest BCUT2D eigenvalue weighted by Gasteiger charge is -2.21. The molecule has 0 aromatic heterocycles. The van der Waals surface area contributed by atoms with Gasteiger partial charge in [-0.05, 0) is 37.5 Å². The standard InChI is InChI=1S/C71H138O17P2/c1-7-9-11-13-15-16-17-18-22-25-30-36-42-48-54-69(74)82-60-67(88-70(75)55-49-43-37-31-26-23-20-19-21-24-28-34-39-45-51-63(3)4)62-86-90(79,80)84-58-65(72)57-83-89(77,78)85-61-66(59-81-68(73)53-47-41-33-14-12-10-8-2)87-71(76)56-50-44-38-32-27-29-35-40-46-52-64(5)6/h63-67,72H,7-62H2,1-6H3,(H,77,78)(H,79,80)/t65-,66+,67+/m0/s1. The van der Waals surface area contributed by atoms with E-state index in [9.17, 15) is 43.2 Å². The molecule has 3 N–H and O–H groups in total. The maximum Gasteiger partial charge on any atom is 0.472 e. The molecule has 0 fully saturated rings. The van der Waals surface area contributed by atoms with Crippen molar-refractivity contribution in [1.29, 1.82) is 0 Å². The fourth-order valence-electron chi connectivity index (χ4n) is 10.8. The van der Waals surface area contributed by atoms with Gasteiger partial charge >= 0.3 is 39.5 Å². The third-order valence-electron chi connectivity index (χ3n) is 16.5. The first-order chi connectivity index (χ1) is 43.4. The zero-order valence-corrected chi connectivity index (χ0v) is 60.2. The van der Waals surface area contributed by atoms with E-state index >= 15 is 0 Å². The van der Waals surface area contributed by atoms with Crippen LogP contribution >= 0.6 is 15.6 Å². The molecule has 0 amide bonds. The van der Waals surface area contributed by atoms with Gasteiger partial charge in [-0.2, -0.15) is 0 Å². The Morgan fingerprint density at radius 1 is 0.300 bits per heavy atom. The molecular formula is C71H138O17P2. The highest BCUT2D eigenvalue weighted by atomic mass is 31.2. The minimum absolute atomic E-state index is 0.105. The average Bonchev–Trinajstić information content (AvgIpc) is 3.18. The van der Waals surface area contributed by atoms with E-state index < -0.39 is 97.5 Å². The number of ether oxygens (including phenoxy) is 4. The second kappa shape index (κ2) is 63.1. The molecule has 0 aliphatic rings. The van der Waals surface area contributed by atoms with Crippen LogP contribution < -0.4 is 0 Å². The zero-order valence-electron chi connectivity index (χ0n) is 58.4. The fourth-order valence-corrected chi connectivity index (χ4v) is 12.3. The lowest BCUT2D eigenvalue weighted by molar-refractivity contribution is -0.161. The summed E-state index contributed by atoms with van der Waals surface area (Å²) in [6.45, 7) is 9.52. The van der Waals surface area contributed by atoms with Gasteiger partial charge in [-0.15, -0.1) is 0 Å². The average molecular weight is 1330 g/mol. The fraction of sp³-hybridized carbons (Fsp3) is 0.944. The lowest BCUT2D eigenvalue weighted by atomic mass is 10.0. The molecule has 0 rings (SSSR count). The summed E-state index contributed by atoms with van der Waals surface area (Å²) < 4.78 is 68.2. The quantitative estimate of drug-likeness (QED) is 0.0222. The van der Waals surface area contributed by atoms with E-state index in [2.05, 4.69) is 41.5 Å². The summed E-state index contributed by atoms with van der Waals surface area (Å²) >= 11 is 0. The molecule has 0 aliphatic carbocycles. The van der Waals surface area contributed by atoms with Crippen LogP contribution in [-0.4, -0.2) is 96.7 Å². The molecule has 90 heavy (non-hydrogen) atoms. The van der Waals surface area contributed by atoms with Gasteiger partial charge < -0.3 is 33.8 Å². The molecule has 0 radical (unpaired) electrons. The Morgan fingerprint density at radius 2 is 0.511 bits per heavy atom. The Kier molecular flexibility index (Phi) is 61.8. The number of rotatable bonds is 70. The van der Waals surface area contributed by atoms with Crippen molar-refractivity contribution < 1.29 is 80.2 Å². The third kappa shape index (κ3) is 64.8. The molecule has 0 aliphatic heterocycles. The van der Waals surface area contributed by atoms with Crippen LogP contribution in [0.1, 0.15) is 363 Å². The second-order valence-corrected chi connectivity index (χ2v) is 29.5. The molecule has 19 heteroatoms. The van der Waals surface area contributed by atoms with Crippen molar-refractivity contribution in [3.8, 4) is 0 Å². The number of esters is 4. The molecule has 0 aromatic rings. The normalized spacial score (nSPS) is 14.1. The number of hydrogen-bond acceptors (Lipinski definition) is 15. The number of phosphoric ester groups is 2. The van der Waals surface area contributed by atoms with E-state index in [1.165, 1.54) is 167 Å². The van der Waals surface area contributed by atoms with Crippen molar-refractivity contribution in [2.45, 2.75) is 381 Å². The summed E-state index contributed by atoms with van der Waals surface area (Å²) in [6, 6.07) is 0. The van der Waals surface area contributed by atoms with Gasteiger partial charge in [0.25, 0.3) is 0 Å². The van der Waals surface area contributed by atoms with Crippen LogP contribution in [-0.2, 0) is 65.4 Å². The van der Waals surface area contributed by atoms with Gasteiger partial charge in [0.15, 0.2) is 12.2 Å². The smallest absolute Gasteiger partial charge is 0.462 e. The lowest BCUT2D eigenvalue weighted by Crippen LogP contribution is -2.30. The Morgan fingerprint density at radius 3 is 0.756 bits per heavy atom. The van der Waals surface area contributed by atoms with E-state index in [0.717, 1.165) is 115 Å². The molecule has 0 spiro atoms. The number of aliphatic hydroxyl groups excluding tert-OH is 1. The molecule has 17 nitrogen and oxygen atoms in total. The number of carbonyl (C=O) groups excluding carboxylic acids is 4. The van der Waals surface area contributed by atoms with Gasteiger partial charge in [0.05, 0.1) is 26.4 Å². The van der Waals surface area contributed by atoms with Gasteiger partial charge in [0.2, 0.25) is 0 Å². The van der Waals surface area contributed by atoms with Crippen LogP contribution in [0.3, 0.4) is 0 Å². The van der Waals surface area contributed by atoms with Gasteiger partial charge in [-0.1, -0.05) is 311 Å². The van der Waals surface area contributed by atoms with Gasteiger partial charge in [-0.25, -0.2) is 9.13 Å². The number of hydrogen-bond donors (Lipinski definition) is 3. The third-order valence-corrected chi connectivity index (χ3v) is 18.4. The van der Waals surface area contributed by atoms with Crippen LogP contribution in [0.5, 0.6) is 0 Å². The zero-order chi connectivity index (χ0) is 66.5. The predicted octanol–water partition coefficient (Wildman–Crippen LogP) is 20.4. The maximum atomic E-state index is 13.0. The summed E-state index contributed by atoms with van der Waals surface area (Å²) in [5.41, 5.74) is 0. The van der Waals surface area contributed by atoms with Gasteiger partial charge in [-0.3, -0.25) is 37.3 Å². The van der Waals surface area contributed by atoms with E-state index in [0.29, 0.717) is 25.7 Å². The van der Waals surface area contributed by atoms with E-state index in [1.54, 1.807) is 0 Å². The number of phosphoric acid groups is 2. The number of aliphatic hydroxyl groups is 1. The molecule has 0 aromatic carbocycles. The van der Waals surface area contributed by atoms with Crippen molar-refractivity contribution in [1.82, 2.24) is 0 Å². The molecule has 2 unspecified atom stereocenters. The Bertz CT molecular complexity index is 1750. The van der Waals surface area contributed by atoms with E-state index in [1.807, 2.05) is 0 Å². The summed E-state index contributed by atoms with van der Waals surface area (Å²) in [4.78, 5) is 72.5. The van der Waals surface area contributed by atoms with Crippen molar-refractivity contribution >= 4 is 39.5 Å². The predicted molar refractivity (Wildman–Crippen MR) is 363 cm³/mol. The molecule has 5 atom stereocenters. The molecule has 0 heterocycles. The monoisotopic (exact) mass is 1320 g/mol. The largest absolute Gasteiger partial charge is 0.472 e. The first-order valence-electron chi connectivity index (χ1n) is 37.0. The van der Waals surface area contributed by atoms with Crippen LogP contribution in [0, 0.1) is 11.8 Å². The van der Waals surface area contributed by atoms with E-state index in [4.69, 9.17) is 37.0 Å². The molecule has 534 valence electrons. The van der Waals surface area contributed by atoms with Crippen molar-refractivity contribution in [2.24, 2.45) is 11.8 Å². The first kappa shape index (κ1) is 88.1. The molecule has 0 saturated heterocycles. The van der Waals surface area contributed by atoms with Crippen LogP contribution in [0.4, 0.5) is 0 Å². The van der Waals surface area contributed by atoms with Crippen LogP contribution in [0.25, 0.3) is 0 Å². The molecular weight excluding hydrogens is 1190 g/mol. The van der Waals surface area contributed by atoms with Crippen molar-refractivity contribution in [3.63, 3.8) is 0 Å². The summed E-state index contributed by atoms with van der Waals surface area (Å²) in [5.74, 6) is -0.594. The molecule has 0 saturated carbocycles. The van der Waals surface area contributed by atoms with Crippen molar-refractivity contribution in [3.05, 3.63) is 0 Å².